The fraction of sp³-hybridized carbons (Fsp3) is 0.100. The van der Waals surface area contributed by atoms with E-state index < -0.39 is 0 Å². The van der Waals surface area contributed by atoms with Crippen molar-refractivity contribution in [2.75, 3.05) is 4.90 Å². The smallest absolute Gasteiger partial charge is 0.256 e. The van der Waals surface area contributed by atoms with E-state index >= 15 is 0 Å². The van der Waals surface area contributed by atoms with Crippen molar-refractivity contribution in [3.05, 3.63) is 139 Å². The first-order chi connectivity index (χ1) is 21.5. The van der Waals surface area contributed by atoms with E-state index in [1.165, 1.54) is 49.4 Å². The minimum absolute atomic E-state index is 0.0416. The van der Waals surface area contributed by atoms with E-state index in [1.54, 1.807) is 0 Å². The number of aromatic nitrogens is 1. The monoisotopic (exact) mass is 566 g/mol. The van der Waals surface area contributed by atoms with Crippen LogP contribution in [0.1, 0.15) is 26.3 Å². The molecular weight excluding hydrogens is 535 g/mol. The van der Waals surface area contributed by atoms with Crippen LogP contribution >= 0.6 is 0 Å². The number of hydrogen-bond acceptors (Lipinski definition) is 2. The van der Waals surface area contributed by atoms with Gasteiger partial charge in [-0.3, -0.25) is 0 Å². The van der Waals surface area contributed by atoms with Gasteiger partial charge in [0.05, 0.1) is 16.7 Å². The van der Waals surface area contributed by atoms with Gasteiger partial charge in [-0.25, -0.2) is 0 Å². The number of para-hydroxylation sites is 5. The standard InChI is InChI=1S/C40H31BN2O/c1-40(2,3)30-25-29-28-19-10-12-22-33(28)43-34-23-13-11-20-31(34)41-32-21-14-24-35(39(32)44-38(30)36(41)37(29)43)42(26-15-6-4-7-16-26)27-17-8-5-9-18-27/h4-25H,1-3H3. The number of nitrogens with zero attached hydrogens (tertiary/aromatic N) is 2. The second-order valence-corrected chi connectivity index (χ2v) is 13.0. The molecule has 2 aliphatic heterocycles. The first kappa shape index (κ1) is 25.3. The van der Waals surface area contributed by atoms with Crippen molar-refractivity contribution in [2.24, 2.45) is 0 Å². The van der Waals surface area contributed by atoms with Gasteiger partial charge in [-0.1, -0.05) is 106 Å². The van der Waals surface area contributed by atoms with E-state index in [4.69, 9.17) is 4.74 Å². The minimum atomic E-state index is -0.129. The summed E-state index contributed by atoms with van der Waals surface area (Å²) in [6.07, 6.45) is 0. The molecule has 0 fully saturated rings. The highest BCUT2D eigenvalue weighted by atomic mass is 16.5. The van der Waals surface area contributed by atoms with Crippen LogP contribution in [-0.2, 0) is 5.41 Å². The molecule has 0 saturated heterocycles. The summed E-state index contributed by atoms with van der Waals surface area (Å²) in [5.41, 5.74) is 11.9. The fourth-order valence-corrected chi connectivity index (χ4v) is 7.48. The Morgan fingerprint density at radius 2 is 1.25 bits per heavy atom. The van der Waals surface area contributed by atoms with Gasteiger partial charge in [0.1, 0.15) is 11.5 Å². The zero-order chi connectivity index (χ0) is 29.6. The Bertz CT molecular complexity index is 2210. The highest BCUT2D eigenvalue weighted by Crippen LogP contribution is 2.47. The van der Waals surface area contributed by atoms with Crippen molar-refractivity contribution in [3.8, 4) is 17.2 Å². The normalized spacial score (nSPS) is 13.0. The van der Waals surface area contributed by atoms with Gasteiger partial charge in [0.15, 0.2) is 0 Å². The molecule has 3 heterocycles. The lowest BCUT2D eigenvalue weighted by Gasteiger charge is -2.38. The minimum Gasteiger partial charge on any atom is -0.456 e. The number of hydrogen-bond donors (Lipinski definition) is 0. The van der Waals surface area contributed by atoms with Crippen LogP contribution in [0.2, 0.25) is 0 Å². The average molecular weight is 567 g/mol. The Hall–Kier alpha value is -5.22. The average Bonchev–Trinajstić information content (AvgIpc) is 3.39. The van der Waals surface area contributed by atoms with Crippen LogP contribution < -0.4 is 26.0 Å². The molecule has 0 aliphatic carbocycles. The van der Waals surface area contributed by atoms with E-state index in [0.717, 1.165) is 28.6 Å². The summed E-state index contributed by atoms with van der Waals surface area (Å²) in [7, 11) is 0. The van der Waals surface area contributed by atoms with Gasteiger partial charge in [0.2, 0.25) is 0 Å². The van der Waals surface area contributed by atoms with Crippen LogP contribution in [0, 0.1) is 0 Å². The molecule has 9 rings (SSSR count). The first-order valence-electron chi connectivity index (χ1n) is 15.4. The van der Waals surface area contributed by atoms with Crippen molar-refractivity contribution in [3.63, 3.8) is 0 Å². The van der Waals surface area contributed by atoms with Crippen LogP contribution in [0.25, 0.3) is 27.5 Å². The van der Waals surface area contributed by atoms with E-state index in [2.05, 4.69) is 164 Å². The largest absolute Gasteiger partial charge is 0.456 e. The maximum Gasteiger partial charge on any atom is 0.256 e. The summed E-state index contributed by atoms with van der Waals surface area (Å²) in [5, 5.41) is 2.58. The van der Waals surface area contributed by atoms with Crippen molar-refractivity contribution < 1.29 is 4.74 Å². The van der Waals surface area contributed by atoms with Crippen molar-refractivity contribution in [1.82, 2.24) is 4.57 Å². The van der Waals surface area contributed by atoms with Crippen LogP contribution in [-0.4, -0.2) is 11.3 Å². The summed E-state index contributed by atoms with van der Waals surface area (Å²) in [5.74, 6) is 1.91. The molecule has 0 bridgehead atoms. The summed E-state index contributed by atoms with van der Waals surface area (Å²) >= 11 is 0. The van der Waals surface area contributed by atoms with E-state index in [9.17, 15) is 0 Å². The highest BCUT2D eigenvalue weighted by Gasteiger charge is 2.43. The predicted molar refractivity (Wildman–Crippen MR) is 185 cm³/mol. The molecule has 6 aromatic carbocycles. The molecule has 1 aromatic heterocycles. The maximum absolute atomic E-state index is 7.31. The third kappa shape index (κ3) is 3.45. The third-order valence-electron chi connectivity index (χ3n) is 9.34. The molecule has 0 unspecified atom stereocenters. The zero-order valence-corrected chi connectivity index (χ0v) is 25.1. The zero-order valence-electron chi connectivity index (χ0n) is 25.1. The Labute approximate surface area is 258 Å². The van der Waals surface area contributed by atoms with Gasteiger partial charge < -0.3 is 14.2 Å². The van der Waals surface area contributed by atoms with E-state index in [1.807, 2.05) is 0 Å². The lowest BCUT2D eigenvalue weighted by Crippen LogP contribution is -2.58. The lowest BCUT2D eigenvalue weighted by atomic mass is 9.34. The molecule has 4 heteroatoms. The molecular formula is C40H31BN2O. The molecule has 210 valence electrons. The molecule has 0 amide bonds. The number of rotatable bonds is 3. The van der Waals surface area contributed by atoms with Crippen LogP contribution in [0.4, 0.5) is 17.1 Å². The predicted octanol–water partition coefficient (Wildman–Crippen LogP) is 8.49. The summed E-state index contributed by atoms with van der Waals surface area (Å²) in [6.45, 7) is 6.94. The molecule has 3 nitrogen and oxygen atoms in total. The van der Waals surface area contributed by atoms with Crippen LogP contribution in [0.15, 0.2) is 133 Å². The van der Waals surface area contributed by atoms with Crippen LogP contribution in [0.3, 0.4) is 0 Å². The van der Waals surface area contributed by atoms with Crippen molar-refractivity contribution in [2.45, 2.75) is 26.2 Å². The Morgan fingerprint density at radius 1 is 0.614 bits per heavy atom. The molecule has 2 aliphatic rings. The van der Waals surface area contributed by atoms with Gasteiger partial charge in [-0.2, -0.15) is 0 Å². The summed E-state index contributed by atoms with van der Waals surface area (Å²) in [6, 6.07) is 48.0. The molecule has 0 N–H and O–H groups in total. The summed E-state index contributed by atoms with van der Waals surface area (Å²) in [4.78, 5) is 2.32. The van der Waals surface area contributed by atoms with Crippen molar-refractivity contribution >= 4 is 62.0 Å². The lowest BCUT2D eigenvalue weighted by molar-refractivity contribution is 0.461. The number of anilines is 3. The maximum atomic E-state index is 7.31. The van der Waals surface area contributed by atoms with Gasteiger partial charge >= 0.3 is 0 Å². The second kappa shape index (κ2) is 9.14. The quantitative estimate of drug-likeness (QED) is 0.200. The molecule has 0 saturated carbocycles. The number of fused-ring (bicyclic) bond motifs is 8. The fourth-order valence-electron chi connectivity index (χ4n) is 7.48. The first-order valence-corrected chi connectivity index (χ1v) is 15.4. The van der Waals surface area contributed by atoms with Crippen molar-refractivity contribution in [1.29, 1.82) is 0 Å². The molecule has 0 spiro atoms. The molecule has 0 atom stereocenters. The third-order valence-corrected chi connectivity index (χ3v) is 9.34. The number of benzene rings is 6. The SMILES string of the molecule is CC(C)(C)c1cc2c3ccccc3n3c2c2c1Oc1c(cccc1N(c1ccccc1)c1ccccc1)B2c1ccccc1-3. The van der Waals surface area contributed by atoms with Gasteiger partial charge in [0.25, 0.3) is 6.71 Å². The highest BCUT2D eigenvalue weighted by molar-refractivity contribution is 6.99. The summed E-state index contributed by atoms with van der Waals surface area (Å²) < 4.78 is 9.79. The van der Waals surface area contributed by atoms with E-state index in [0.29, 0.717) is 0 Å². The van der Waals surface area contributed by atoms with Gasteiger partial charge in [0, 0.05) is 33.4 Å². The number of ether oxygens (including phenoxy) is 1. The van der Waals surface area contributed by atoms with E-state index in [-0.39, 0.29) is 12.1 Å². The van der Waals surface area contributed by atoms with Gasteiger partial charge in [-0.05, 0) is 70.3 Å². The Kier molecular flexibility index (Phi) is 5.26. The Balaban J connectivity index is 1.41. The van der Waals surface area contributed by atoms with Gasteiger partial charge in [-0.15, -0.1) is 0 Å². The molecule has 7 aromatic rings. The Morgan fingerprint density at radius 3 is 1.98 bits per heavy atom. The van der Waals surface area contributed by atoms with Crippen LogP contribution in [0.5, 0.6) is 11.5 Å². The molecule has 44 heavy (non-hydrogen) atoms. The second-order valence-electron chi connectivity index (χ2n) is 13.0. The molecule has 0 radical (unpaired) electrons. The topological polar surface area (TPSA) is 17.4 Å².